The van der Waals surface area contributed by atoms with Gasteiger partial charge in [0, 0.05) is 30.6 Å². The van der Waals surface area contributed by atoms with Crippen LogP contribution in [0.15, 0.2) is 41.3 Å². The van der Waals surface area contributed by atoms with E-state index >= 15 is 0 Å². The number of carboxylic acids is 3. The van der Waals surface area contributed by atoms with E-state index in [1.54, 1.807) is 24.3 Å². The lowest BCUT2D eigenvalue weighted by Crippen LogP contribution is -2.58. The molecule has 0 aliphatic carbocycles. The largest absolute Gasteiger partial charge is 0.481 e. The van der Waals surface area contributed by atoms with Crippen molar-refractivity contribution in [2.45, 2.75) is 29.7 Å². The Bertz CT molecular complexity index is 1190. The van der Waals surface area contributed by atoms with Gasteiger partial charge in [0.15, 0.2) is 0 Å². The zero-order valence-electron chi connectivity index (χ0n) is 21.8. The van der Waals surface area contributed by atoms with Crippen molar-refractivity contribution in [2.24, 2.45) is 0 Å². The van der Waals surface area contributed by atoms with Crippen LogP contribution in [0.25, 0.3) is 10.8 Å². The molecule has 14 heteroatoms. The van der Waals surface area contributed by atoms with Crippen molar-refractivity contribution in [3.63, 3.8) is 0 Å². The molecule has 0 radical (unpaired) electrons. The predicted molar refractivity (Wildman–Crippen MR) is 141 cm³/mol. The fourth-order valence-corrected chi connectivity index (χ4v) is 5.31. The molecule has 39 heavy (non-hydrogen) atoms. The standard InChI is InChI=1S/C25H34N2O11S/c1-27(2)20-7-3-6-19-18(20)5-4-8-21(19)39(34,35)26-25(15-36-12-9-22(28)29,16-37-13-10-23(30)31)17-38-14-11-24(32)33/h3-8,26H,9-17H2,1-2H3,(H,28,29)(H,30,31)(H,32,33). The molecule has 0 spiro atoms. The van der Waals surface area contributed by atoms with Crippen LogP contribution in [0.4, 0.5) is 5.69 Å². The van der Waals surface area contributed by atoms with Crippen LogP contribution >= 0.6 is 0 Å². The van der Waals surface area contributed by atoms with Crippen LogP contribution in [0.5, 0.6) is 0 Å². The second kappa shape index (κ2) is 14.7. The maximum absolute atomic E-state index is 13.8. The second-order valence-electron chi connectivity index (χ2n) is 9.00. The van der Waals surface area contributed by atoms with Crippen LogP contribution in [-0.4, -0.2) is 101 Å². The topological polar surface area (TPSA) is 189 Å². The highest BCUT2D eigenvalue weighted by Gasteiger charge is 2.38. The molecule has 0 bridgehead atoms. The maximum atomic E-state index is 13.8. The first-order valence-corrected chi connectivity index (χ1v) is 13.5. The second-order valence-corrected chi connectivity index (χ2v) is 10.6. The molecule has 0 aliphatic heterocycles. The summed E-state index contributed by atoms with van der Waals surface area (Å²) in [5.41, 5.74) is -0.850. The van der Waals surface area contributed by atoms with Gasteiger partial charge in [-0.25, -0.2) is 8.42 Å². The van der Waals surface area contributed by atoms with Gasteiger partial charge < -0.3 is 34.4 Å². The molecule has 216 valence electrons. The number of carbonyl (C=O) groups is 3. The number of aliphatic carboxylic acids is 3. The smallest absolute Gasteiger partial charge is 0.305 e. The van der Waals surface area contributed by atoms with Gasteiger partial charge in [0.25, 0.3) is 0 Å². The minimum Gasteiger partial charge on any atom is -0.481 e. The third-order valence-corrected chi connectivity index (χ3v) is 7.13. The summed E-state index contributed by atoms with van der Waals surface area (Å²) in [4.78, 5) is 34.6. The fraction of sp³-hybridized carbons (Fsp3) is 0.480. The van der Waals surface area contributed by atoms with Crippen LogP contribution in [0, 0.1) is 0 Å². The third-order valence-electron chi connectivity index (χ3n) is 5.50. The van der Waals surface area contributed by atoms with Gasteiger partial charge in [-0.2, -0.15) is 4.72 Å². The highest BCUT2D eigenvalue weighted by Crippen LogP contribution is 2.31. The van der Waals surface area contributed by atoms with E-state index in [1.165, 1.54) is 6.07 Å². The number of carboxylic acid groups (broad SMARTS) is 3. The predicted octanol–water partition coefficient (Wildman–Crippen LogP) is 1.40. The minimum absolute atomic E-state index is 0.0466. The number of fused-ring (bicyclic) bond motifs is 1. The molecule has 2 aromatic rings. The van der Waals surface area contributed by atoms with E-state index in [-0.39, 0.29) is 44.0 Å². The normalized spacial score (nSPS) is 11.9. The van der Waals surface area contributed by atoms with Gasteiger partial charge >= 0.3 is 17.9 Å². The van der Waals surface area contributed by atoms with E-state index in [1.807, 2.05) is 25.1 Å². The molecule has 2 rings (SSSR count). The Morgan fingerprint density at radius 3 is 1.64 bits per heavy atom. The van der Waals surface area contributed by atoms with E-state index in [2.05, 4.69) is 4.72 Å². The van der Waals surface area contributed by atoms with Gasteiger partial charge in [-0.05, 0) is 12.1 Å². The highest BCUT2D eigenvalue weighted by molar-refractivity contribution is 7.89. The number of hydrogen-bond donors (Lipinski definition) is 4. The van der Waals surface area contributed by atoms with E-state index < -0.39 is 53.3 Å². The van der Waals surface area contributed by atoms with Crippen LogP contribution in [-0.2, 0) is 38.6 Å². The van der Waals surface area contributed by atoms with Crippen molar-refractivity contribution in [1.29, 1.82) is 0 Å². The first kappa shape index (κ1) is 31.9. The summed E-state index contributed by atoms with van der Waals surface area (Å²) in [6, 6.07) is 10.0. The number of nitrogens with one attached hydrogen (secondary N) is 1. The Kier molecular flexibility index (Phi) is 12.1. The Hall–Kier alpha value is -3.30. The van der Waals surface area contributed by atoms with E-state index in [0.717, 1.165) is 5.69 Å². The Morgan fingerprint density at radius 2 is 1.21 bits per heavy atom. The lowest BCUT2D eigenvalue weighted by molar-refractivity contribution is -0.139. The fourth-order valence-electron chi connectivity index (χ4n) is 3.72. The summed E-state index contributed by atoms with van der Waals surface area (Å²) in [5, 5.41) is 27.9. The average Bonchev–Trinajstić information content (AvgIpc) is 2.85. The minimum atomic E-state index is -4.30. The molecule has 0 saturated carbocycles. The van der Waals surface area contributed by atoms with E-state index in [9.17, 15) is 22.8 Å². The van der Waals surface area contributed by atoms with Crippen LogP contribution in [0.3, 0.4) is 0 Å². The summed E-state index contributed by atoms with van der Waals surface area (Å²) in [5.74, 6) is -3.36. The maximum Gasteiger partial charge on any atom is 0.305 e. The van der Waals surface area contributed by atoms with E-state index in [0.29, 0.717) is 10.8 Å². The molecular weight excluding hydrogens is 536 g/mol. The van der Waals surface area contributed by atoms with Crippen molar-refractivity contribution in [3.05, 3.63) is 36.4 Å². The average molecular weight is 571 g/mol. The molecule has 0 aromatic heterocycles. The summed E-state index contributed by atoms with van der Waals surface area (Å²) in [6.07, 6.45) is -1.04. The third kappa shape index (κ3) is 10.1. The monoisotopic (exact) mass is 570 g/mol. The summed E-state index contributed by atoms with van der Waals surface area (Å²) >= 11 is 0. The summed E-state index contributed by atoms with van der Waals surface area (Å²) in [7, 11) is -0.645. The molecule has 0 heterocycles. The number of nitrogens with zero attached hydrogens (tertiary/aromatic N) is 1. The molecular formula is C25H34N2O11S. The van der Waals surface area contributed by atoms with Gasteiger partial charge in [0.05, 0.1) is 63.8 Å². The zero-order valence-corrected chi connectivity index (χ0v) is 22.6. The van der Waals surface area contributed by atoms with Crippen molar-refractivity contribution < 1.29 is 52.3 Å². The molecule has 0 saturated heterocycles. The molecule has 4 N–H and O–H groups in total. The Balaban J connectivity index is 2.46. The number of ether oxygens (including phenoxy) is 3. The van der Waals surface area contributed by atoms with E-state index in [4.69, 9.17) is 29.5 Å². The van der Waals surface area contributed by atoms with Crippen LogP contribution in [0.1, 0.15) is 19.3 Å². The van der Waals surface area contributed by atoms with Gasteiger partial charge in [0.1, 0.15) is 5.54 Å². The lowest BCUT2D eigenvalue weighted by atomic mass is 10.1. The quantitative estimate of drug-likeness (QED) is 0.178. The van der Waals surface area contributed by atoms with Crippen molar-refractivity contribution in [1.82, 2.24) is 4.72 Å². The SMILES string of the molecule is CN(C)c1cccc2c(S(=O)(=O)NC(COCCC(=O)O)(COCCC(=O)O)COCCC(=O)O)cccc12. The molecule has 13 nitrogen and oxygen atoms in total. The molecule has 0 unspecified atom stereocenters. The first-order valence-electron chi connectivity index (χ1n) is 12.0. The molecule has 0 aliphatic rings. The van der Waals surface area contributed by atoms with Gasteiger partial charge in [0.2, 0.25) is 10.0 Å². The highest BCUT2D eigenvalue weighted by atomic mass is 32.2. The zero-order chi connectivity index (χ0) is 29.1. The number of sulfonamides is 1. The van der Waals surface area contributed by atoms with Crippen molar-refractivity contribution in [2.75, 3.05) is 58.6 Å². The molecule has 0 amide bonds. The Morgan fingerprint density at radius 1 is 0.769 bits per heavy atom. The van der Waals surface area contributed by atoms with Crippen molar-refractivity contribution >= 4 is 44.4 Å². The number of anilines is 1. The number of benzene rings is 2. The molecule has 0 atom stereocenters. The van der Waals surface area contributed by atoms with Gasteiger partial charge in [-0.1, -0.05) is 24.3 Å². The number of hydrogen-bond acceptors (Lipinski definition) is 9. The number of rotatable bonds is 19. The lowest BCUT2D eigenvalue weighted by Gasteiger charge is -2.34. The molecule has 2 aromatic carbocycles. The first-order chi connectivity index (χ1) is 18.4. The van der Waals surface area contributed by atoms with Gasteiger partial charge in [-0.15, -0.1) is 0 Å². The summed E-state index contributed by atoms with van der Waals surface area (Å²) < 4.78 is 46.6. The Labute approximate surface area is 226 Å². The van der Waals surface area contributed by atoms with Crippen LogP contribution in [0.2, 0.25) is 0 Å². The van der Waals surface area contributed by atoms with Crippen LogP contribution < -0.4 is 9.62 Å². The summed E-state index contributed by atoms with van der Waals surface area (Å²) in [6.45, 7) is -1.93. The van der Waals surface area contributed by atoms with Gasteiger partial charge in [-0.3, -0.25) is 14.4 Å². The molecule has 0 fully saturated rings. The van der Waals surface area contributed by atoms with Crippen molar-refractivity contribution in [3.8, 4) is 0 Å².